The van der Waals surface area contributed by atoms with Gasteiger partial charge in [0.05, 0.1) is 11.7 Å². The van der Waals surface area contributed by atoms with E-state index in [1.54, 1.807) is 10.7 Å². The van der Waals surface area contributed by atoms with E-state index < -0.39 is 18.1 Å². The van der Waals surface area contributed by atoms with Crippen LogP contribution in [0.3, 0.4) is 0 Å². The lowest BCUT2D eigenvalue weighted by Crippen LogP contribution is -2.21. The van der Waals surface area contributed by atoms with Crippen LogP contribution in [0.1, 0.15) is 29.1 Å². The van der Waals surface area contributed by atoms with Crippen molar-refractivity contribution >= 4 is 17.8 Å². The molecule has 3 N–H and O–H groups in total. The molecule has 25 heavy (non-hydrogen) atoms. The Morgan fingerprint density at radius 1 is 1.20 bits per heavy atom. The van der Waals surface area contributed by atoms with Gasteiger partial charge in [-0.2, -0.15) is 18.3 Å². The number of carboxylic acids is 2. The number of aromatic carboxylic acids is 1. The minimum atomic E-state index is -5.08. The summed E-state index contributed by atoms with van der Waals surface area (Å²) in [6, 6.07) is 4.85. The van der Waals surface area contributed by atoms with Crippen molar-refractivity contribution in [3.05, 3.63) is 35.8 Å². The van der Waals surface area contributed by atoms with Crippen LogP contribution in [0, 0.1) is 0 Å². The van der Waals surface area contributed by atoms with E-state index >= 15 is 0 Å². The van der Waals surface area contributed by atoms with Crippen LogP contribution in [0.2, 0.25) is 0 Å². The van der Waals surface area contributed by atoms with Gasteiger partial charge in [-0.1, -0.05) is 0 Å². The third-order valence-corrected chi connectivity index (χ3v) is 2.67. The molecule has 0 fully saturated rings. The molecule has 2 rings (SSSR count). The van der Waals surface area contributed by atoms with Gasteiger partial charge in [0.25, 0.3) is 0 Å². The molecule has 1 atom stereocenters. The number of carboxylic acid groups (broad SMARTS) is 2. The highest BCUT2D eigenvalue weighted by atomic mass is 19.4. The fourth-order valence-electron chi connectivity index (χ4n) is 1.48. The summed E-state index contributed by atoms with van der Waals surface area (Å²) in [4.78, 5) is 19.5. The van der Waals surface area contributed by atoms with Crippen molar-refractivity contribution < 1.29 is 33.0 Å². The van der Waals surface area contributed by atoms with Gasteiger partial charge in [-0.25, -0.2) is 9.59 Å². The Labute approximate surface area is 139 Å². The Kier molecular flexibility index (Phi) is 6.42. The molecule has 0 saturated heterocycles. The van der Waals surface area contributed by atoms with Crippen molar-refractivity contribution in [3.63, 3.8) is 0 Å². The molecular formula is C13H14F3N5O4. The second-order valence-electron chi connectivity index (χ2n) is 4.69. The van der Waals surface area contributed by atoms with E-state index in [9.17, 15) is 18.0 Å². The molecule has 0 aliphatic carbocycles. The smallest absolute Gasteiger partial charge is 0.476 e. The summed E-state index contributed by atoms with van der Waals surface area (Å²) in [7, 11) is 1.84. The summed E-state index contributed by atoms with van der Waals surface area (Å²) >= 11 is 0. The molecule has 9 nitrogen and oxygen atoms in total. The highest BCUT2D eigenvalue weighted by Gasteiger charge is 2.38. The normalized spacial score (nSPS) is 11.9. The van der Waals surface area contributed by atoms with Crippen LogP contribution < -0.4 is 5.32 Å². The first-order chi connectivity index (χ1) is 11.5. The molecule has 0 aromatic carbocycles. The average molecular weight is 361 g/mol. The number of hydrogen-bond donors (Lipinski definition) is 3. The number of alkyl halides is 3. The molecule has 2 aromatic rings. The molecular weight excluding hydrogens is 347 g/mol. The highest BCUT2D eigenvalue weighted by molar-refractivity contribution is 5.85. The zero-order valence-corrected chi connectivity index (χ0v) is 13.0. The first kappa shape index (κ1) is 19.9. The fraction of sp³-hybridized carbons (Fsp3) is 0.308. The zero-order chi connectivity index (χ0) is 19.2. The Hall–Kier alpha value is -3.18. The van der Waals surface area contributed by atoms with Crippen molar-refractivity contribution in [2.75, 3.05) is 5.32 Å². The second kappa shape index (κ2) is 8.08. The molecule has 0 aliphatic rings. The maximum atomic E-state index is 10.6. The Bertz CT molecular complexity index is 730. The number of nitrogens with one attached hydrogen (secondary N) is 1. The van der Waals surface area contributed by atoms with Gasteiger partial charge in [-0.3, -0.25) is 4.68 Å². The fourth-order valence-corrected chi connectivity index (χ4v) is 1.48. The van der Waals surface area contributed by atoms with Gasteiger partial charge in [0.1, 0.15) is 5.82 Å². The summed E-state index contributed by atoms with van der Waals surface area (Å²) in [6.45, 7) is 1.94. The van der Waals surface area contributed by atoms with Gasteiger partial charge in [0.15, 0.2) is 5.69 Å². The number of halogens is 3. The van der Waals surface area contributed by atoms with Gasteiger partial charge in [0, 0.05) is 13.2 Å². The minimum absolute atomic E-state index is 0.0313. The molecule has 12 heteroatoms. The molecule has 0 saturated carbocycles. The molecule has 0 aliphatic heterocycles. The van der Waals surface area contributed by atoms with Crippen LogP contribution in [0.4, 0.5) is 19.0 Å². The van der Waals surface area contributed by atoms with Gasteiger partial charge in [0.2, 0.25) is 0 Å². The molecule has 0 radical (unpaired) electrons. The summed E-state index contributed by atoms with van der Waals surface area (Å²) in [5.41, 5.74) is 0.799. The maximum Gasteiger partial charge on any atom is 0.490 e. The number of nitrogens with zero attached hydrogens (tertiary/aromatic N) is 4. The number of rotatable bonds is 4. The molecule has 0 unspecified atom stereocenters. The standard InChI is InChI=1S/C11H13N5O2.C2HF3O2/c1-7(8-5-6-16(2)15-8)12-10-4-3-9(11(17)18)13-14-10;3-2(4,5)1(6)7/h3-7H,1-2H3,(H,12,14)(H,17,18);(H,6,7)/t7-;/m1./s1. The van der Waals surface area contributed by atoms with Gasteiger partial charge >= 0.3 is 18.1 Å². The largest absolute Gasteiger partial charge is 0.490 e. The number of aromatic nitrogens is 4. The van der Waals surface area contributed by atoms with Gasteiger partial charge in [-0.05, 0) is 25.1 Å². The summed E-state index contributed by atoms with van der Waals surface area (Å²) < 4.78 is 33.5. The molecule has 0 amide bonds. The summed E-state index contributed by atoms with van der Waals surface area (Å²) in [6.07, 6.45) is -3.23. The SMILES string of the molecule is C[C@@H](Nc1ccc(C(=O)O)nn1)c1ccn(C)n1.O=C(O)C(F)(F)F. The van der Waals surface area contributed by atoms with Crippen LogP contribution >= 0.6 is 0 Å². The minimum Gasteiger partial charge on any atom is -0.476 e. The Morgan fingerprint density at radius 3 is 2.16 bits per heavy atom. The predicted molar refractivity (Wildman–Crippen MR) is 77.9 cm³/mol. The third-order valence-electron chi connectivity index (χ3n) is 2.67. The second-order valence-corrected chi connectivity index (χ2v) is 4.69. The number of hydrogen-bond acceptors (Lipinski definition) is 6. The summed E-state index contributed by atoms with van der Waals surface area (Å²) in [5.74, 6) is -3.34. The van der Waals surface area contributed by atoms with Crippen molar-refractivity contribution in [1.29, 1.82) is 0 Å². The lowest BCUT2D eigenvalue weighted by atomic mass is 10.2. The van der Waals surface area contributed by atoms with Crippen molar-refractivity contribution in [1.82, 2.24) is 20.0 Å². The molecule has 2 aromatic heterocycles. The lowest BCUT2D eigenvalue weighted by molar-refractivity contribution is -0.192. The predicted octanol–water partition coefficient (Wildman–Crippen LogP) is 1.71. The first-order valence-corrected chi connectivity index (χ1v) is 6.64. The van der Waals surface area contributed by atoms with Crippen LogP contribution in [-0.4, -0.2) is 48.3 Å². The van der Waals surface area contributed by atoms with Crippen LogP contribution in [-0.2, 0) is 11.8 Å². The maximum absolute atomic E-state index is 10.6. The topological polar surface area (TPSA) is 130 Å². The van der Waals surface area contributed by atoms with Crippen LogP contribution in [0.15, 0.2) is 24.4 Å². The van der Waals surface area contributed by atoms with Gasteiger partial charge < -0.3 is 15.5 Å². The zero-order valence-electron chi connectivity index (χ0n) is 13.0. The van der Waals surface area contributed by atoms with Crippen LogP contribution in [0.25, 0.3) is 0 Å². The van der Waals surface area contributed by atoms with E-state index in [2.05, 4.69) is 20.6 Å². The number of aliphatic carboxylic acids is 1. The van der Waals surface area contributed by atoms with Crippen molar-refractivity contribution in [2.24, 2.45) is 7.05 Å². The van der Waals surface area contributed by atoms with E-state index in [0.717, 1.165) is 5.69 Å². The van der Waals surface area contributed by atoms with E-state index in [0.29, 0.717) is 5.82 Å². The lowest BCUT2D eigenvalue weighted by Gasteiger charge is -2.11. The molecule has 0 bridgehead atoms. The van der Waals surface area contributed by atoms with Gasteiger partial charge in [-0.15, -0.1) is 10.2 Å². The number of aryl methyl sites for hydroxylation is 1. The molecule has 2 heterocycles. The van der Waals surface area contributed by atoms with E-state index in [4.69, 9.17) is 15.0 Å². The number of anilines is 1. The Morgan fingerprint density at radius 2 is 1.80 bits per heavy atom. The highest BCUT2D eigenvalue weighted by Crippen LogP contribution is 2.15. The van der Waals surface area contributed by atoms with E-state index in [1.165, 1.54) is 6.07 Å². The van der Waals surface area contributed by atoms with E-state index in [-0.39, 0.29) is 11.7 Å². The molecule has 0 spiro atoms. The first-order valence-electron chi connectivity index (χ1n) is 6.64. The van der Waals surface area contributed by atoms with Crippen molar-refractivity contribution in [3.8, 4) is 0 Å². The van der Waals surface area contributed by atoms with E-state index in [1.807, 2.05) is 26.2 Å². The Balaban J connectivity index is 0.000000381. The summed E-state index contributed by atoms with van der Waals surface area (Å²) in [5, 5.41) is 30.6. The monoisotopic (exact) mass is 361 g/mol. The molecule has 136 valence electrons. The number of carbonyl (C=O) groups is 2. The third kappa shape index (κ3) is 6.45. The van der Waals surface area contributed by atoms with Crippen molar-refractivity contribution in [2.45, 2.75) is 19.1 Å². The average Bonchev–Trinajstić information content (AvgIpc) is 2.94. The quantitative estimate of drug-likeness (QED) is 0.750. The van der Waals surface area contributed by atoms with Crippen LogP contribution in [0.5, 0.6) is 0 Å².